The van der Waals surface area contributed by atoms with Crippen molar-refractivity contribution in [1.29, 1.82) is 0 Å². The van der Waals surface area contributed by atoms with E-state index in [0.717, 1.165) is 21.4 Å². The summed E-state index contributed by atoms with van der Waals surface area (Å²) in [6, 6.07) is 7.66. The summed E-state index contributed by atoms with van der Waals surface area (Å²) in [5, 5.41) is 5.63. The zero-order chi connectivity index (χ0) is 16.1. The Morgan fingerprint density at radius 3 is 2.78 bits per heavy atom. The molecule has 116 valence electrons. The van der Waals surface area contributed by atoms with Crippen molar-refractivity contribution < 1.29 is 4.79 Å². The second-order valence-corrected chi connectivity index (χ2v) is 6.44. The number of aromatic nitrogens is 3. The largest absolute Gasteiger partial charge is 0.329 e. The molecule has 0 aliphatic rings. The lowest BCUT2D eigenvalue weighted by molar-refractivity contribution is -0.111. The van der Waals surface area contributed by atoms with Crippen molar-refractivity contribution in [2.24, 2.45) is 7.05 Å². The van der Waals surface area contributed by atoms with Crippen LogP contribution in [0.25, 0.3) is 6.08 Å². The molecular formula is C16H14N4OS2. The van der Waals surface area contributed by atoms with Gasteiger partial charge in [-0.1, -0.05) is 11.8 Å². The lowest BCUT2D eigenvalue weighted by Crippen LogP contribution is -2.07. The molecule has 2 aromatic heterocycles. The first-order valence-corrected chi connectivity index (χ1v) is 8.59. The quantitative estimate of drug-likeness (QED) is 0.719. The number of hydrogen-bond donors (Lipinski definition) is 1. The van der Waals surface area contributed by atoms with Crippen LogP contribution in [0.4, 0.5) is 5.69 Å². The third kappa shape index (κ3) is 4.30. The number of hydrogen-bond acceptors (Lipinski definition) is 5. The van der Waals surface area contributed by atoms with Gasteiger partial charge in [0.15, 0.2) is 5.16 Å². The van der Waals surface area contributed by atoms with Crippen LogP contribution in [0.15, 0.2) is 63.7 Å². The minimum absolute atomic E-state index is 0.178. The molecule has 7 heteroatoms. The number of imidazole rings is 1. The number of carbonyl (C=O) groups excluding carboxylic acids is 1. The van der Waals surface area contributed by atoms with Gasteiger partial charge in [0.1, 0.15) is 0 Å². The number of nitrogens with zero attached hydrogens (tertiary/aromatic N) is 3. The van der Waals surface area contributed by atoms with Crippen LogP contribution in [-0.2, 0) is 11.8 Å². The van der Waals surface area contributed by atoms with Gasteiger partial charge in [0.25, 0.3) is 0 Å². The highest BCUT2D eigenvalue weighted by Gasteiger charge is 2.03. The maximum atomic E-state index is 11.9. The molecule has 1 amide bonds. The normalized spacial score (nSPS) is 11.0. The highest BCUT2D eigenvalue weighted by Crippen LogP contribution is 2.26. The Balaban J connectivity index is 1.59. The Morgan fingerprint density at radius 1 is 1.30 bits per heavy atom. The fourth-order valence-corrected chi connectivity index (χ4v) is 3.13. The maximum Gasteiger partial charge on any atom is 0.248 e. The summed E-state index contributed by atoms with van der Waals surface area (Å²) in [7, 11) is 1.96. The third-order valence-corrected chi connectivity index (χ3v) is 4.65. The standard InChI is InChI=1S/C16H14N4OS2/c1-20-9-8-17-16(20)23-14-5-2-12(3-6-14)19-15(21)7-4-13-10-22-11-18-13/h2-11H,1H3,(H,19,21)/b7-4-. The van der Waals surface area contributed by atoms with E-state index in [1.54, 1.807) is 29.5 Å². The average molecular weight is 342 g/mol. The Kier molecular flexibility index (Phi) is 4.89. The van der Waals surface area contributed by atoms with E-state index in [0.29, 0.717) is 0 Å². The predicted octanol–water partition coefficient (Wildman–Crippen LogP) is 3.68. The predicted molar refractivity (Wildman–Crippen MR) is 93.6 cm³/mol. The van der Waals surface area contributed by atoms with Crippen molar-refractivity contribution in [3.8, 4) is 0 Å². The Hall–Kier alpha value is -2.38. The second kappa shape index (κ2) is 7.26. The molecular weight excluding hydrogens is 328 g/mol. The molecule has 0 aliphatic carbocycles. The first kappa shape index (κ1) is 15.5. The Morgan fingerprint density at radius 2 is 2.13 bits per heavy atom. The molecule has 3 aromatic rings. The molecule has 0 radical (unpaired) electrons. The van der Waals surface area contributed by atoms with Gasteiger partial charge in [0.2, 0.25) is 5.91 Å². The van der Waals surface area contributed by atoms with Crippen LogP contribution in [0.1, 0.15) is 5.69 Å². The van der Waals surface area contributed by atoms with Gasteiger partial charge in [-0.15, -0.1) is 11.3 Å². The number of carbonyl (C=O) groups is 1. The molecule has 0 unspecified atom stereocenters. The van der Waals surface area contributed by atoms with E-state index in [1.807, 2.05) is 47.5 Å². The maximum absolute atomic E-state index is 11.9. The smallest absolute Gasteiger partial charge is 0.248 e. The van der Waals surface area contributed by atoms with Crippen LogP contribution in [0.5, 0.6) is 0 Å². The average Bonchev–Trinajstić information content (AvgIpc) is 3.20. The molecule has 2 heterocycles. The molecule has 23 heavy (non-hydrogen) atoms. The molecule has 5 nitrogen and oxygen atoms in total. The molecule has 0 bridgehead atoms. The van der Waals surface area contributed by atoms with Gasteiger partial charge in [-0.25, -0.2) is 9.97 Å². The van der Waals surface area contributed by atoms with Crippen LogP contribution in [0.3, 0.4) is 0 Å². The molecule has 0 aliphatic heterocycles. The third-order valence-electron chi connectivity index (χ3n) is 2.96. The van der Waals surface area contributed by atoms with E-state index in [2.05, 4.69) is 15.3 Å². The number of aryl methyl sites for hydroxylation is 1. The molecule has 1 aromatic carbocycles. The van der Waals surface area contributed by atoms with E-state index in [-0.39, 0.29) is 5.91 Å². The van der Waals surface area contributed by atoms with E-state index in [4.69, 9.17) is 0 Å². The highest BCUT2D eigenvalue weighted by atomic mass is 32.2. The van der Waals surface area contributed by atoms with Gasteiger partial charge in [-0.2, -0.15) is 0 Å². The number of amides is 1. The summed E-state index contributed by atoms with van der Waals surface area (Å²) >= 11 is 3.07. The minimum atomic E-state index is -0.178. The van der Waals surface area contributed by atoms with Gasteiger partial charge in [0.05, 0.1) is 11.2 Å². The van der Waals surface area contributed by atoms with Crippen LogP contribution in [0, 0.1) is 0 Å². The van der Waals surface area contributed by atoms with Gasteiger partial charge in [-0.3, -0.25) is 4.79 Å². The molecule has 3 rings (SSSR count). The fraction of sp³-hybridized carbons (Fsp3) is 0.0625. The first-order chi connectivity index (χ1) is 11.2. The van der Waals surface area contributed by atoms with E-state index in [1.165, 1.54) is 17.4 Å². The van der Waals surface area contributed by atoms with Gasteiger partial charge in [-0.05, 0) is 30.3 Å². The molecule has 0 spiro atoms. The summed E-state index contributed by atoms with van der Waals surface area (Å²) in [6.07, 6.45) is 6.85. The van der Waals surface area contributed by atoms with E-state index >= 15 is 0 Å². The van der Waals surface area contributed by atoms with Crippen molar-refractivity contribution in [3.05, 3.63) is 59.3 Å². The van der Waals surface area contributed by atoms with Crippen molar-refractivity contribution in [1.82, 2.24) is 14.5 Å². The zero-order valence-corrected chi connectivity index (χ0v) is 14.0. The van der Waals surface area contributed by atoms with Gasteiger partial charge >= 0.3 is 0 Å². The van der Waals surface area contributed by atoms with Crippen LogP contribution in [0.2, 0.25) is 0 Å². The highest BCUT2D eigenvalue weighted by molar-refractivity contribution is 7.99. The van der Waals surface area contributed by atoms with Gasteiger partial charge < -0.3 is 9.88 Å². The molecule has 1 N–H and O–H groups in total. The van der Waals surface area contributed by atoms with E-state index in [9.17, 15) is 4.79 Å². The van der Waals surface area contributed by atoms with Crippen LogP contribution >= 0.6 is 23.1 Å². The van der Waals surface area contributed by atoms with Gasteiger partial charge in [0, 0.05) is 41.5 Å². The summed E-state index contributed by atoms with van der Waals surface area (Å²) < 4.78 is 1.96. The lowest BCUT2D eigenvalue weighted by atomic mass is 10.3. The zero-order valence-electron chi connectivity index (χ0n) is 12.3. The number of anilines is 1. The van der Waals surface area contributed by atoms with E-state index < -0.39 is 0 Å². The van der Waals surface area contributed by atoms with Crippen molar-refractivity contribution in [2.75, 3.05) is 5.32 Å². The topological polar surface area (TPSA) is 59.8 Å². The number of rotatable bonds is 5. The minimum Gasteiger partial charge on any atom is -0.329 e. The number of benzene rings is 1. The summed E-state index contributed by atoms with van der Waals surface area (Å²) in [4.78, 5) is 21.3. The summed E-state index contributed by atoms with van der Waals surface area (Å²) in [6.45, 7) is 0. The first-order valence-electron chi connectivity index (χ1n) is 6.83. The molecule has 0 atom stereocenters. The van der Waals surface area contributed by atoms with Crippen molar-refractivity contribution in [2.45, 2.75) is 10.1 Å². The summed E-state index contributed by atoms with van der Waals surface area (Å²) in [5.41, 5.74) is 3.27. The summed E-state index contributed by atoms with van der Waals surface area (Å²) in [5.74, 6) is -0.178. The monoisotopic (exact) mass is 342 g/mol. The fourth-order valence-electron chi connectivity index (χ4n) is 1.81. The SMILES string of the molecule is Cn1ccnc1Sc1ccc(NC(=O)/C=C\c2cscn2)cc1. The van der Waals surface area contributed by atoms with Crippen LogP contribution in [-0.4, -0.2) is 20.4 Å². The Labute approximate surface area is 142 Å². The molecule has 0 saturated carbocycles. The van der Waals surface area contributed by atoms with Crippen LogP contribution < -0.4 is 5.32 Å². The number of nitrogens with one attached hydrogen (secondary N) is 1. The lowest BCUT2D eigenvalue weighted by Gasteiger charge is -2.04. The number of thiazole rings is 1. The van der Waals surface area contributed by atoms with Crippen molar-refractivity contribution >= 4 is 40.8 Å². The molecule has 0 fully saturated rings. The van der Waals surface area contributed by atoms with Crippen molar-refractivity contribution in [3.63, 3.8) is 0 Å². The second-order valence-electron chi connectivity index (χ2n) is 4.68. The molecule has 0 saturated heterocycles. The Bertz CT molecular complexity index is 807.